The van der Waals surface area contributed by atoms with E-state index in [-0.39, 0.29) is 11.2 Å². The first-order valence-electron chi connectivity index (χ1n) is 4.99. The summed E-state index contributed by atoms with van der Waals surface area (Å²) in [5.74, 6) is 0. The number of allylic oxidation sites excluding steroid dienone is 1. The number of halogens is 3. The maximum atomic E-state index is 12.8. The zero-order valence-electron chi connectivity index (χ0n) is 8.99. The van der Waals surface area contributed by atoms with Crippen LogP contribution in [0.4, 0.5) is 13.2 Å². The van der Waals surface area contributed by atoms with Crippen LogP contribution in [0.5, 0.6) is 0 Å². The van der Waals surface area contributed by atoms with Crippen molar-refractivity contribution in [1.82, 2.24) is 9.97 Å². The number of para-hydroxylation sites is 2. The highest BCUT2D eigenvalue weighted by Gasteiger charge is 2.35. The van der Waals surface area contributed by atoms with Gasteiger partial charge in [0.2, 0.25) is 0 Å². The Morgan fingerprint density at radius 1 is 1.06 bits per heavy atom. The van der Waals surface area contributed by atoms with Crippen molar-refractivity contribution in [2.45, 2.75) is 13.1 Å². The summed E-state index contributed by atoms with van der Waals surface area (Å²) in [5.41, 5.74) is -0.408. The zero-order chi connectivity index (χ0) is 12.5. The van der Waals surface area contributed by atoms with E-state index in [1.54, 1.807) is 25.1 Å². The minimum atomic E-state index is -4.49. The van der Waals surface area contributed by atoms with Crippen molar-refractivity contribution in [3.05, 3.63) is 41.7 Å². The first-order chi connectivity index (χ1) is 8.02. The molecule has 0 atom stereocenters. The fraction of sp³-hybridized carbons (Fsp3) is 0.167. The Morgan fingerprint density at radius 3 is 2.18 bits per heavy atom. The van der Waals surface area contributed by atoms with Gasteiger partial charge in [0.25, 0.3) is 0 Å². The van der Waals surface area contributed by atoms with Gasteiger partial charge >= 0.3 is 6.18 Å². The number of hydrogen-bond acceptors (Lipinski definition) is 2. The van der Waals surface area contributed by atoms with Gasteiger partial charge in [0.1, 0.15) is 0 Å². The molecule has 0 N–H and O–H groups in total. The molecule has 0 spiro atoms. The monoisotopic (exact) mass is 238 g/mol. The molecule has 0 amide bonds. The van der Waals surface area contributed by atoms with Gasteiger partial charge in [0.05, 0.1) is 16.7 Å². The van der Waals surface area contributed by atoms with Crippen LogP contribution < -0.4 is 0 Å². The van der Waals surface area contributed by atoms with E-state index in [1.165, 1.54) is 18.2 Å². The summed E-state index contributed by atoms with van der Waals surface area (Å²) in [4.78, 5) is 7.59. The molecule has 2 nitrogen and oxygen atoms in total. The van der Waals surface area contributed by atoms with Crippen LogP contribution >= 0.6 is 0 Å². The largest absolute Gasteiger partial charge is 0.435 e. The Morgan fingerprint density at radius 2 is 1.65 bits per heavy atom. The SMILES string of the molecule is C/C=C/c1nc2ccccc2nc1C(F)(F)F. The van der Waals surface area contributed by atoms with Crippen LogP contribution in [-0.4, -0.2) is 9.97 Å². The van der Waals surface area contributed by atoms with E-state index >= 15 is 0 Å². The molecular weight excluding hydrogens is 229 g/mol. The quantitative estimate of drug-likeness (QED) is 0.757. The van der Waals surface area contributed by atoms with E-state index in [2.05, 4.69) is 9.97 Å². The molecule has 1 heterocycles. The first-order valence-corrected chi connectivity index (χ1v) is 4.99. The minimum absolute atomic E-state index is 0.154. The molecule has 1 aromatic heterocycles. The van der Waals surface area contributed by atoms with Crippen LogP contribution in [0.15, 0.2) is 30.3 Å². The number of aromatic nitrogens is 2. The fourth-order valence-electron chi connectivity index (χ4n) is 1.50. The Balaban J connectivity index is 2.75. The molecular formula is C12H9F3N2. The van der Waals surface area contributed by atoms with Crippen LogP contribution in [0.2, 0.25) is 0 Å². The smallest absolute Gasteiger partial charge is 0.245 e. The average Bonchev–Trinajstić information content (AvgIpc) is 2.27. The van der Waals surface area contributed by atoms with Gasteiger partial charge in [-0.05, 0) is 25.1 Å². The highest BCUT2D eigenvalue weighted by Crippen LogP contribution is 2.31. The first kappa shape index (κ1) is 11.6. The highest BCUT2D eigenvalue weighted by molar-refractivity contribution is 5.75. The van der Waals surface area contributed by atoms with Crippen molar-refractivity contribution in [2.75, 3.05) is 0 Å². The lowest BCUT2D eigenvalue weighted by Gasteiger charge is -2.09. The maximum Gasteiger partial charge on any atom is 0.435 e. The van der Waals surface area contributed by atoms with Gasteiger partial charge in [-0.2, -0.15) is 13.2 Å². The predicted molar refractivity (Wildman–Crippen MR) is 59.2 cm³/mol. The van der Waals surface area contributed by atoms with Gasteiger partial charge in [0, 0.05) is 0 Å². The number of alkyl halides is 3. The second kappa shape index (κ2) is 4.16. The second-order valence-corrected chi connectivity index (χ2v) is 3.44. The van der Waals surface area contributed by atoms with Crippen molar-refractivity contribution in [1.29, 1.82) is 0 Å². The summed E-state index contributed by atoms with van der Waals surface area (Å²) >= 11 is 0. The third-order valence-corrected chi connectivity index (χ3v) is 2.19. The number of nitrogens with zero attached hydrogens (tertiary/aromatic N) is 2. The topological polar surface area (TPSA) is 25.8 Å². The maximum absolute atomic E-state index is 12.8. The van der Waals surface area contributed by atoms with Gasteiger partial charge in [-0.25, -0.2) is 9.97 Å². The number of hydrogen-bond donors (Lipinski definition) is 0. The third-order valence-electron chi connectivity index (χ3n) is 2.19. The molecule has 5 heteroatoms. The lowest BCUT2D eigenvalue weighted by Crippen LogP contribution is -2.12. The molecule has 0 fully saturated rings. The third kappa shape index (κ3) is 2.27. The number of rotatable bonds is 1. The normalized spacial score (nSPS) is 12.5. The summed E-state index contributed by atoms with van der Waals surface area (Å²) in [6.07, 6.45) is -1.68. The van der Waals surface area contributed by atoms with Gasteiger partial charge in [-0.1, -0.05) is 18.2 Å². The van der Waals surface area contributed by atoms with E-state index in [1.807, 2.05) is 0 Å². The number of fused-ring (bicyclic) bond motifs is 1. The minimum Gasteiger partial charge on any atom is -0.245 e. The van der Waals surface area contributed by atoms with E-state index < -0.39 is 11.9 Å². The molecule has 0 saturated heterocycles. The van der Waals surface area contributed by atoms with E-state index in [4.69, 9.17) is 0 Å². The second-order valence-electron chi connectivity index (χ2n) is 3.44. The van der Waals surface area contributed by atoms with Crippen LogP contribution in [0.3, 0.4) is 0 Å². The molecule has 0 aliphatic heterocycles. The molecule has 17 heavy (non-hydrogen) atoms. The lowest BCUT2D eigenvalue weighted by molar-refractivity contribution is -0.141. The standard InChI is InChI=1S/C12H9F3N2/c1-2-5-10-11(12(13,14)15)17-9-7-4-3-6-8(9)16-10/h2-7H,1H3/b5-2+. The summed E-state index contributed by atoms with van der Waals surface area (Å²) in [7, 11) is 0. The van der Waals surface area contributed by atoms with E-state index in [0.717, 1.165) is 0 Å². The summed E-state index contributed by atoms with van der Waals surface area (Å²) in [6.45, 7) is 1.64. The molecule has 2 aromatic rings. The molecule has 0 aliphatic rings. The Labute approximate surface area is 95.8 Å². The van der Waals surface area contributed by atoms with Crippen LogP contribution in [0, 0.1) is 0 Å². The van der Waals surface area contributed by atoms with Crippen molar-refractivity contribution < 1.29 is 13.2 Å². The Kier molecular flexibility index (Phi) is 2.83. The molecule has 0 bridgehead atoms. The number of benzene rings is 1. The van der Waals surface area contributed by atoms with E-state index in [0.29, 0.717) is 5.52 Å². The molecule has 0 aliphatic carbocycles. The Hall–Kier alpha value is -1.91. The van der Waals surface area contributed by atoms with Gasteiger partial charge < -0.3 is 0 Å². The zero-order valence-corrected chi connectivity index (χ0v) is 8.99. The average molecular weight is 238 g/mol. The molecule has 0 saturated carbocycles. The van der Waals surface area contributed by atoms with Gasteiger partial charge in [-0.3, -0.25) is 0 Å². The van der Waals surface area contributed by atoms with Crippen molar-refractivity contribution in [3.8, 4) is 0 Å². The Bertz CT molecular complexity index is 573. The molecule has 88 valence electrons. The van der Waals surface area contributed by atoms with Gasteiger partial charge in [0.15, 0.2) is 5.69 Å². The predicted octanol–water partition coefficient (Wildman–Crippen LogP) is 3.68. The summed E-state index contributed by atoms with van der Waals surface area (Å²) in [5, 5.41) is 0. The van der Waals surface area contributed by atoms with Crippen molar-refractivity contribution in [2.24, 2.45) is 0 Å². The van der Waals surface area contributed by atoms with Crippen LogP contribution in [0.1, 0.15) is 18.3 Å². The lowest BCUT2D eigenvalue weighted by atomic mass is 10.2. The van der Waals surface area contributed by atoms with Crippen LogP contribution in [-0.2, 0) is 6.18 Å². The van der Waals surface area contributed by atoms with Crippen LogP contribution in [0.25, 0.3) is 17.1 Å². The fourth-order valence-corrected chi connectivity index (χ4v) is 1.50. The summed E-state index contributed by atoms with van der Waals surface area (Å²) in [6, 6.07) is 6.49. The molecule has 0 radical (unpaired) electrons. The van der Waals surface area contributed by atoms with Gasteiger partial charge in [-0.15, -0.1) is 0 Å². The van der Waals surface area contributed by atoms with E-state index in [9.17, 15) is 13.2 Å². The molecule has 2 rings (SSSR count). The molecule has 0 unspecified atom stereocenters. The van der Waals surface area contributed by atoms with Crippen molar-refractivity contribution >= 4 is 17.1 Å². The molecule has 1 aromatic carbocycles. The highest BCUT2D eigenvalue weighted by atomic mass is 19.4. The van der Waals surface area contributed by atoms with Crippen molar-refractivity contribution in [3.63, 3.8) is 0 Å². The summed E-state index contributed by atoms with van der Waals surface area (Å²) < 4.78 is 38.3.